The minimum Gasteiger partial charge on any atom is -0.438 e. The van der Waals surface area contributed by atoms with E-state index in [1.165, 1.54) is 6.07 Å². The minimum absolute atomic E-state index is 0.0136. The first-order valence-corrected chi connectivity index (χ1v) is 9.99. The standard InChI is InChI=1S/C17H17F3N2O6S/c18-17(19,20)28-12-5-3-11(4-6-12)22-29(24,25)15-8-7-14(27-15)16(23)21-10-13-2-1-9-26-13/h3-8,13,22H,1-2,9-10H2,(H,21,23). The quantitative estimate of drug-likeness (QED) is 0.694. The molecule has 3 rings (SSSR count). The van der Waals surface area contributed by atoms with Crippen molar-refractivity contribution in [2.24, 2.45) is 0 Å². The molecule has 1 amide bonds. The van der Waals surface area contributed by atoms with Gasteiger partial charge in [-0.05, 0) is 49.2 Å². The molecule has 29 heavy (non-hydrogen) atoms. The zero-order valence-electron chi connectivity index (χ0n) is 14.9. The molecule has 0 aliphatic carbocycles. The van der Waals surface area contributed by atoms with Crippen molar-refractivity contribution in [3.05, 3.63) is 42.2 Å². The number of hydrogen-bond acceptors (Lipinski definition) is 6. The molecule has 2 aromatic rings. The topological polar surface area (TPSA) is 107 Å². The Bertz CT molecular complexity index is 950. The summed E-state index contributed by atoms with van der Waals surface area (Å²) in [6, 6.07) is 6.41. The fourth-order valence-corrected chi connectivity index (χ4v) is 3.61. The smallest absolute Gasteiger partial charge is 0.438 e. The lowest BCUT2D eigenvalue weighted by molar-refractivity contribution is -0.274. The summed E-state index contributed by atoms with van der Waals surface area (Å²) in [4.78, 5) is 12.1. The number of anilines is 1. The summed E-state index contributed by atoms with van der Waals surface area (Å²) in [5, 5.41) is 2.08. The van der Waals surface area contributed by atoms with Gasteiger partial charge in [0.2, 0.25) is 5.09 Å². The van der Waals surface area contributed by atoms with Gasteiger partial charge in [0, 0.05) is 18.8 Å². The largest absolute Gasteiger partial charge is 0.573 e. The van der Waals surface area contributed by atoms with Crippen molar-refractivity contribution in [3.8, 4) is 5.75 Å². The molecule has 1 fully saturated rings. The third-order valence-corrected chi connectivity index (χ3v) is 5.18. The Hall–Kier alpha value is -2.73. The van der Waals surface area contributed by atoms with Crippen LogP contribution in [0.2, 0.25) is 0 Å². The summed E-state index contributed by atoms with van der Waals surface area (Å²) in [5.74, 6) is -1.28. The third kappa shape index (κ3) is 5.87. The summed E-state index contributed by atoms with van der Waals surface area (Å²) < 4.78 is 77.5. The van der Waals surface area contributed by atoms with Crippen molar-refractivity contribution in [3.63, 3.8) is 0 Å². The molecular weight excluding hydrogens is 417 g/mol. The Labute approximate surface area is 164 Å². The summed E-state index contributed by atoms with van der Waals surface area (Å²) in [5.41, 5.74) is -0.0136. The third-order valence-electron chi connectivity index (χ3n) is 3.92. The number of furan rings is 1. The fraction of sp³-hybridized carbons (Fsp3) is 0.353. The molecule has 1 aromatic heterocycles. The van der Waals surface area contributed by atoms with E-state index in [1.54, 1.807) is 0 Å². The van der Waals surface area contributed by atoms with Gasteiger partial charge in [-0.25, -0.2) is 0 Å². The predicted octanol–water partition coefficient (Wildman–Crippen LogP) is 2.89. The van der Waals surface area contributed by atoms with Crippen LogP contribution in [-0.2, 0) is 14.8 Å². The molecule has 1 saturated heterocycles. The maximum Gasteiger partial charge on any atom is 0.573 e. The van der Waals surface area contributed by atoms with Crippen molar-refractivity contribution in [2.45, 2.75) is 30.4 Å². The minimum atomic E-state index is -4.85. The van der Waals surface area contributed by atoms with Gasteiger partial charge in [0.15, 0.2) is 5.76 Å². The van der Waals surface area contributed by atoms with E-state index in [9.17, 15) is 26.4 Å². The summed E-state index contributed by atoms with van der Waals surface area (Å²) in [6.45, 7) is 0.922. The molecule has 0 radical (unpaired) electrons. The number of amides is 1. The first-order chi connectivity index (χ1) is 13.6. The lowest BCUT2D eigenvalue weighted by atomic mass is 10.2. The van der Waals surface area contributed by atoms with E-state index >= 15 is 0 Å². The van der Waals surface area contributed by atoms with Gasteiger partial charge < -0.3 is 19.2 Å². The Morgan fingerprint density at radius 3 is 2.52 bits per heavy atom. The molecule has 1 aliphatic heterocycles. The van der Waals surface area contributed by atoms with Crippen molar-refractivity contribution < 1.29 is 40.3 Å². The lowest BCUT2D eigenvalue weighted by Crippen LogP contribution is -2.31. The van der Waals surface area contributed by atoms with Crippen molar-refractivity contribution in [1.82, 2.24) is 5.32 Å². The van der Waals surface area contributed by atoms with E-state index in [4.69, 9.17) is 9.15 Å². The second-order valence-corrected chi connectivity index (χ2v) is 7.75. The highest BCUT2D eigenvalue weighted by Crippen LogP contribution is 2.25. The molecule has 1 unspecified atom stereocenters. The maximum atomic E-state index is 12.4. The van der Waals surface area contributed by atoms with Crippen LogP contribution in [0.15, 0.2) is 45.9 Å². The Morgan fingerprint density at radius 1 is 1.17 bits per heavy atom. The molecule has 8 nitrogen and oxygen atoms in total. The van der Waals surface area contributed by atoms with E-state index < -0.39 is 33.1 Å². The van der Waals surface area contributed by atoms with Crippen LogP contribution < -0.4 is 14.8 Å². The van der Waals surface area contributed by atoms with Crippen molar-refractivity contribution in [1.29, 1.82) is 0 Å². The Balaban J connectivity index is 1.61. The number of rotatable bonds is 7. The van der Waals surface area contributed by atoms with Crippen LogP contribution in [0.4, 0.5) is 18.9 Å². The van der Waals surface area contributed by atoms with Gasteiger partial charge in [-0.3, -0.25) is 9.52 Å². The number of benzene rings is 1. The molecule has 1 atom stereocenters. The monoisotopic (exact) mass is 434 g/mol. The second kappa shape index (κ2) is 8.33. The number of alkyl halides is 3. The normalized spacial score (nSPS) is 17.1. The number of halogens is 3. The van der Waals surface area contributed by atoms with Crippen LogP contribution in [0.25, 0.3) is 0 Å². The van der Waals surface area contributed by atoms with E-state index in [-0.39, 0.29) is 24.1 Å². The number of hydrogen-bond donors (Lipinski definition) is 2. The first kappa shape index (κ1) is 21.0. The Kier molecular flexibility index (Phi) is 6.03. The number of carbonyl (C=O) groups excluding carboxylic acids is 1. The van der Waals surface area contributed by atoms with E-state index in [1.807, 2.05) is 0 Å². The van der Waals surface area contributed by atoms with Gasteiger partial charge in [-0.1, -0.05) is 0 Å². The van der Waals surface area contributed by atoms with Gasteiger partial charge in [0.25, 0.3) is 15.9 Å². The average molecular weight is 434 g/mol. The van der Waals surface area contributed by atoms with Crippen molar-refractivity contribution in [2.75, 3.05) is 17.9 Å². The van der Waals surface area contributed by atoms with Crippen LogP contribution >= 0.6 is 0 Å². The number of nitrogens with one attached hydrogen (secondary N) is 2. The number of sulfonamides is 1. The lowest BCUT2D eigenvalue weighted by Gasteiger charge is -2.10. The maximum absolute atomic E-state index is 12.4. The molecule has 12 heteroatoms. The van der Waals surface area contributed by atoms with Gasteiger partial charge in [-0.15, -0.1) is 13.2 Å². The van der Waals surface area contributed by atoms with Crippen LogP contribution in [0.1, 0.15) is 23.4 Å². The van der Waals surface area contributed by atoms with Crippen molar-refractivity contribution >= 4 is 21.6 Å². The highest BCUT2D eigenvalue weighted by atomic mass is 32.2. The summed E-state index contributed by atoms with van der Waals surface area (Å²) in [6.07, 6.45) is -3.19. The highest BCUT2D eigenvalue weighted by Gasteiger charge is 2.31. The second-order valence-electron chi connectivity index (χ2n) is 6.14. The molecule has 158 valence electrons. The highest BCUT2D eigenvalue weighted by molar-refractivity contribution is 7.92. The molecule has 0 bridgehead atoms. The van der Waals surface area contributed by atoms with E-state index in [0.717, 1.165) is 43.2 Å². The zero-order valence-corrected chi connectivity index (χ0v) is 15.7. The number of ether oxygens (including phenoxy) is 2. The molecule has 2 heterocycles. The van der Waals surface area contributed by atoms with Gasteiger partial charge in [0.05, 0.1) is 6.10 Å². The molecule has 0 saturated carbocycles. The fourth-order valence-electron chi connectivity index (χ4n) is 2.62. The SMILES string of the molecule is O=C(NCC1CCCO1)c1ccc(S(=O)(=O)Nc2ccc(OC(F)(F)F)cc2)o1. The average Bonchev–Trinajstić information content (AvgIpc) is 3.32. The van der Waals surface area contributed by atoms with E-state index in [0.29, 0.717) is 6.61 Å². The van der Waals surface area contributed by atoms with Gasteiger partial charge in [-0.2, -0.15) is 8.42 Å². The molecular formula is C17H17F3N2O6S. The van der Waals surface area contributed by atoms with Gasteiger partial charge >= 0.3 is 6.36 Å². The predicted molar refractivity (Wildman–Crippen MR) is 93.9 cm³/mol. The summed E-state index contributed by atoms with van der Waals surface area (Å²) >= 11 is 0. The van der Waals surface area contributed by atoms with E-state index in [2.05, 4.69) is 14.8 Å². The van der Waals surface area contributed by atoms with Crippen LogP contribution in [0.5, 0.6) is 5.75 Å². The number of carbonyl (C=O) groups is 1. The molecule has 2 N–H and O–H groups in total. The summed E-state index contributed by atoms with van der Waals surface area (Å²) in [7, 11) is -4.19. The molecule has 1 aromatic carbocycles. The van der Waals surface area contributed by atoms with Crippen LogP contribution in [0, 0.1) is 0 Å². The first-order valence-electron chi connectivity index (χ1n) is 8.51. The van der Waals surface area contributed by atoms with Crippen LogP contribution in [-0.4, -0.2) is 39.9 Å². The molecule has 1 aliphatic rings. The molecule has 0 spiro atoms. The Morgan fingerprint density at radius 2 is 1.90 bits per heavy atom. The zero-order chi connectivity index (χ0) is 21.1. The van der Waals surface area contributed by atoms with Crippen LogP contribution in [0.3, 0.4) is 0 Å². The van der Waals surface area contributed by atoms with Gasteiger partial charge in [0.1, 0.15) is 5.75 Å².